The van der Waals surface area contributed by atoms with Gasteiger partial charge in [0.05, 0.1) is 0 Å². The zero-order chi connectivity index (χ0) is 12.0. The van der Waals surface area contributed by atoms with Gasteiger partial charge >= 0.3 is 0 Å². The van der Waals surface area contributed by atoms with Crippen molar-refractivity contribution in [2.24, 2.45) is 0 Å². The van der Waals surface area contributed by atoms with E-state index in [1.165, 1.54) is 0 Å². The van der Waals surface area contributed by atoms with Crippen LogP contribution in [0.4, 0.5) is 0 Å². The Morgan fingerprint density at radius 1 is 1.62 bits per heavy atom. The van der Waals surface area contributed by atoms with Crippen molar-refractivity contribution in [3.63, 3.8) is 0 Å². The Balaban J connectivity index is 2.18. The first-order chi connectivity index (χ1) is 7.65. The quantitative estimate of drug-likeness (QED) is 0.639. The van der Waals surface area contributed by atoms with Crippen LogP contribution in [0, 0.1) is 0 Å². The molecule has 0 fully saturated rings. The average Bonchev–Trinajstić information content (AvgIpc) is 2.57. The highest BCUT2D eigenvalue weighted by Crippen LogP contribution is 2.08. The summed E-state index contributed by atoms with van der Waals surface area (Å²) < 4.78 is 0. The predicted molar refractivity (Wildman–Crippen MR) is 58.6 cm³/mol. The Bertz CT molecular complexity index is 312. The first kappa shape index (κ1) is 12.4. The number of aldehydes is 1. The first-order valence-electron chi connectivity index (χ1n) is 5.34. The largest absolute Gasteiger partial charge is 0.354 e. The number of amides is 2. The van der Waals surface area contributed by atoms with Crippen molar-refractivity contribution in [1.29, 1.82) is 0 Å². The number of hydrogen-bond donors (Lipinski definition) is 1. The molecule has 0 bridgehead atoms. The summed E-state index contributed by atoms with van der Waals surface area (Å²) in [5.74, 6) is -0.172. The molecule has 1 atom stereocenters. The smallest absolute Gasteiger partial charge is 0.246 e. The second-order valence-electron chi connectivity index (χ2n) is 3.69. The van der Waals surface area contributed by atoms with Crippen molar-refractivity contribution in [2.45, 2.75) is 25.8 Å². The Labute approximate surface area is 94.5 Å². The van der Waals surface area contributed by atoms with Gasteiger partial charge in [-0.2, -0.15) is 0 Å². The van der Waals surface area contributed by atoms with E-state index in [9.17, 15) is 14.4 Å². The third kappa shape index (κ3) is 3.49. The molecule has 0 aromatic heterocycles. The molecule has 1 heterocycles. The van der Waals surface area contributed by atoms with Crippen molar-refractivity contribution in [3.05, 3.63) is 12.2 Å². The van der Waals surface area contributed by atoms with Crippen LogP contribution in [0.5, 0.6) is 0 Å². The molecule has 1 aliphatic rings. The van der Waals surface area contributed by atoms with E-state index >= 15 is 0 Å². The molecule has 0 radical (unpaired) electrons. The van der Waals surface area contributed by atoms with Gasteiger partial charge < -0.3 is 15.0 Å². The van der Waals surface area contributed by atoms with Crippen LogP contribution in [-0.4, -0.2) is 42.1 Å². The second-order valence-corrected chi connectivity index (χ2v) is 3.69. The molecule has 0 aromatic carbocycles. The maximum Gasteiger partial charge on any atom is 0.246 e. The molecule has 5 heteroatoms. The Hall–Kier alpha value is -1.65. The lowest BCUT2D eigenvalue weighted by Crippen LogP contribution is -2.39. The maximum atomic E-state index is 11.3. The number of hydrogen-bond acceptors (Lipinski definition) is 3. The third-order valence-electron chi connectivity index (χ3n) is 2.46. The summed E-state index contributed by atoms with van der Waals surface area (Å²) in [6.07, 6.45) is 4.54. The fraction of sp³-hybridized carbons (Fsp3) is 0.545. The highest BCUT2D eigenvalue weighted by atomic mass is 16.2. The number of rotatable bonds is 6. The topological polar surface area (TPSA) is 66.5 Å². The summed E-state index contributed by atoms with van der Waals surface area (Å²) in [7, 11) is 0. The minimum atomic E-state index is -0.153. The fourth-order valence-corrected chi connectivity index (χ4v) is 1.53. The van der Waals surface area contributed by atoms with Gasteiger partial charge in [-0.3, -0.25) is 9.59 Å². The van der Waals surface area contributed by atoms with Crippen LogP contribution in [0.3, 0.4) is 0 Å². The Morgan fingerprint density at radius 3 is 2.94 bits per heavy atom. The number of nitrogens with zero attached hydrogens (tertiary/aromatic N) is 1. The summed E-state index contributed by atoms with van der Waals surface area (Å²) in [4.78, 5) is 34.2. The van der Waals surface area contributed by atoms with Crippen molar-refractivity contribution < 1.29 is 14.4 Å². The summed E-state index contributed by atoms with van der Waals surface area (Å²) in [5.41, 5.74) is 0. The monoisotopic (exact) mass is 224 g/mol. The number of carbonyl (C=O) groups is 3. The van der Waals surface area contributed by atoms with Crippen LogP contribution in [0.25, 0.3) is 0 Å². The van der Waals surface area contributed by atoms with E-state index in [1.807, 2.05) is 13.0 Å². The van der Waals surface area contributed by atoms with E-state index in [0.29, 0.717) is 13.1 Å². The van der Waals surface area contributed by atoms with Gasteiger partial charge in [0.25, 0.3) is 0 Å². The summed E-state index contributed by atoms with van der Waals surface area (Å²) in [6.45, 7) is 2.85. The zero-order valence-corrected chi connectivity index (χ0v) is 9.31. The van der Waals surface area contributed by atoms with Gasteiger partial charge in [0, 0.05) is 38.0 Å². The molecule has 2 amide bonds. The van der Waals surface area contributed by atoms with Gasteiger partial charge in [-0.1, -0.05) is 6.08 Å². The predicted octanol–water partition coefficient (Wildman–Crippen LogP) is -0.131. The molecule has 88 valence electrons. The van der Waals surface area contributed by atoms with Crippen LogP contribution in [0.2, 0.25) is 0 Å². The molecule has 1 aliphatic heterocycles. The van der Waals surface area contributed by atoms with Gasteiger partial charge in [0.1, 0.15) is 6.29 Å². The average molecular weight is 224 g/mol. The van der Waals surface area contributed by atoms with E-state index in [0.717, 1.165) is 6.29 Å². The summed E-state index contributed by atoms with van der Waals surface area (Å²) in [5, 5.41) is 2.67. The molecule has 0 saturated heterocycles. The van der Waals surface area contributed by atoms with E-state index in [4.69, 9.17) is 0 Å². The van der Waals surface area contributed by atoms with E-state index in [1.54, 1.807) is 11.0 Å². The zero-order valence-electron chi connectivity index (χ0n) is 9.31. The van der Waals surface area contributed by atoms with Crippen molar-refractivity contribution in [2.75, 3.05) is 13.1 Å². The minimum Gasteiger partial charge on any atom is -0.354 e. The highest BCUT2D eigenvalue weighted by Gasteiger charge is 2.21. The maximum absolute atomic E-state index is 11.3. The molecule has 0 spiro atoms. The molecule has 1 N–H and O–H groups in total. The lowest BCUT2D eigenvalue weighted by Gasteiger charge is -2.21. The molecule has 0 saturated carbocycles. The van der Waals surface area contributed by atoms with E-state index < -0.39 is 0 Å². The number of carbonyl (C=O) groups excluding carboxylic acids is 3. The summed E-state index contributed by atoms with van der Waals surface area (Å²) in [6, 6.07) is 0.0966. The minimum absolute atomic E-state index is 0.0189. The molecular weight excluding hydrogens is 208 g/mol. The van der Waals surface area contributed by atoms with Crippen molar-refractivity contribution >= 4 is 18.1 Å². The third-order valence-corrected chi connectivity index (χ3v) is 2.46. The van der Waals surface area contributed by atoms with Gasteiger partial charge in [-0.25, -0.2) is 0 Å². The van der Waals surface area contributed by atoms with Crippen molar-refractivity contribution in [3.8, 4) is 0 Å². The van der Waals surface area contributed by atoms with Gasteiger partial charge in [-0.05, 0) is 6.92 Å². The second kappa shape index (κ2) is 6.05. The highest BCUT2D eigenvalue weighted by molar-refractivity contribution is 5.90. The van der Waals surface area contributed by atoms with Crippen LogP contribution in [-0.2, 0) is 14.4 Å². The Morgan fingerprint density at radius 2 is 2.38 bits per heavy atom. The van der Waals surface area contributed by atoms with Gasteiger partial charge in [0.15, 0.2) is 0 Å². The van der Waals surface area contributed by atoms with Crippen molar-refractivity contribution in [1.82, 2.24) is 10.2 Å². The summed E-state index contributed by atoms with van der Waals surface area (Å²) >= 11 is 0. The van der Waals surface area contributed by atoms with E-state index in [2.05, 4.69) is 5.32 Å². The van der Waals surface area contributed by atoms with Crippen LogP contribution in [0.15, 0.2) is 12.2 Å². The molecule has 0 aromatic rings. The van der Waals surface area contributed by atoms with Crippen LogP contribution in [0.1, 0.15) is 19.8 Å². The lowest BCUT2D eigenvalue weighted by molar-refractivity contribution is -0.127. The van der Waals surface area contributed by atoms with Crippen LogP contribution < -0.4 is 5.32 Å². The first-order valence-corrected chi connectivity index (χ1v) is 5.34. The fourth-order valence-electron chi connectivity index (χ4n) is 1.53. The Kier molecular flexibility index (Phi) is 4.69. The molecular formula is C11H16N2O3. The SMILES string of the molecule is CC1C=CC(=O)N1CCNC(=O)CCC=O. The molecule has 1 rings (SSSR count). The number of nitrogens with one attached hydrogen (secondary N) is 1. The molecule has 0 aliphatic carbocycles. The van der Waals surface area contributed by atoms with Crippen LogP contribution >= 0.6 is 0 Å². The van der Waals surface area contributed by atoms with Gasteiger partial charge in [-0.15, -0.1) is 0 Å². The van der Waals surface area contributed by atoms with E-state index in [-0.39, 0.29) is 30.7 Å². The molecule has 1 unspecified atom stereocenters. The standard InChI is InChI=1S/C11H16N2O3/c1-9-4-5-11(16)13(9)7-6-12-10(15)3-2-8-14/h4-5,8-9H,2-3,6-7H2,1H3,(H,12,15). The molecule has 5 nitrogen and oxygen atoms in total. The molecule has 16 heavy (non-hydrogen) atoms. The normalized spacial score (nSPS) is 18.9. The lowest BCUT2D eigenvalue weighted by atomic mass is 10.3. The van der Waals surface area contributed by atoms with Gasteiger partial charge in [0.2, 0.25) is 11.8 Å².